The van der Waals surface area contributed by atoms with Crippen LogP contribution in [0.15, 0.2) is 91.0 Å². The number of ether oxygens (including phenoxy) is 1. The summed E-state index contributed by atoms with van der Waals surface area (Å²) < 4.78 is 114. The van der Waals surface area contributed by atoms with E-state index >= 15 is 0 Å². The zero-order valence-corrected chi connectivity index (χ0v) is 23.8. The lowest BCUT2D eigenvalue weighted by molar-refractivity contribution is -0.289. The van der Waals surface area contributed by atoms with Crippen LogP contribution in [0.4, 0.5) is 40.8 Å². The van der Waals surface area contributed by atoms with Gasteiger partial charge in [-0.25, -0.2) is 0 Å². The summed E-state index contributed by atoms with van der Waals surface area (Å²) in [4.78, 5) is 1.41. The van der Waals surface area contributed by atoms with Crippen LogP contribution in [-0.2, 0) is 25.1 Å². The molecule has 0 fully saturated rings. The monoisotopic (exact) mass is 643 g/mol. The van der Waals surface area contributed by atoms with Crippen molar-refractivity contribution in [2.75, 3.05) is 11.5 Å². The van der Waals surface area contributed by atoms with Crippen molar-refractivity contribution >= 4 is 17.3 Å². The van der Waals surface area contributed by atoms with Crippen molar-refractivity contribution in [3.63, 3.8) is 0 Å². The van der Waals surface area contributed by atoms with Crippen molar-refractivity contribution in [3.05, 3.63) is 124 Å². The van der Waals surface area contributed by atoms with Gasteiger partial charge in [0.2, 0.25) is 0 Å². The Labute approximate surface area is 253 Å². The third-order valence-electron chi connectivity index (χ3n) is 6.93. The Bertz CT molecular complexity index is 1590. The van der Waals surface area contributed by atoms with Crippen LogP contribution in [0.1, 0.15) is 40.8 Å². The summed E-state index contributed by atoms with van der Waals surface area (Å²) in [6.07, 6.45) is -9.91. The minimum Gasteiger partial charge on any atom is -0.457 e. The van der Waals surface area contributed by atoms with E-state index in [9.17, 15) is 40.2 Å². The summed E-state index contributed by atoms with van der Waals surface area (Å²) >= 11 is 6.19. The number of hydrogen-bond acceptors (Lipinski definition) is 3. The number of aryl methyl sites for hydroxylation is 1. The van der Waals surface area contributed by atoms with Crippen molar-refractivity contribution < 1.29 is 45.0 Å². The minimum atomic E-state index is -5.85. The molecule has 4 rings (SSSR count). The van der Waals surface area contributed by atoms with E-state index in [4.69, 9.17) is 16.3 Å². The molecule has 0 spiro atoms. The van der Waals surface area contributed by atoms with Crippen LogP contribution in [0.2, 0.25) is 5.02 Å². The van der Waals surface area contributed by atoms with Crippen molar-refractivity contribution in [1.29, 1.82) is 0 Å². The van der Waals surface area contributed by atoms with E-state index in [2.05, 4.69) is 0 Å². The van der Waals surface area contributed by atoms with Gasteiger partial charge in [0.1, 0.15) is 11.5 Å². The molecule has 0 aromatic heterocycles. The first-order valence-electron chi connectivity index (χ1n) is 13.3. The maximum Gasteiger partial charge on any atom is 0.458 e. The maximum atomic E-state index is 14.2. The smallest absolute Gasteiger partial charge is 0.457 e. The molecular weight excluding hydrogens is 618 g/mol. The molecule has 1 N–H and O–H groups in total. The molecule has 1 atom stereocenters. The third-order valence-corrected chi connectivity index (χ3v) is 7.30. The Morgan fingerprint density at radius 2 is 1.43 bits per heavy atom. The van der Waals surface area contributed by atoms with Gasteiger partial charge in [-0.15, -0.1) is 0 Å². The zero-order valence-electron chi connectivity index (χ0n) is 23.1. The molecule has 0 radical (unpaired) electrons. The van der Waals surface area contributed by atoms with Gasteiger partial charge in [-0.1, -0.05) is 54.9 Å². The predicted molar refractivity (Wildman–Crippen MR) is 151 cm³/mol. The highest BCUT2D eigenvalue weighted by Gasteiger charge is 2.58. The van der Waals surface area contributed by atoms with Gasteiger partial charge < -0.3 is 14.7 Å². The maximum absolute atomic E-state index is 14.2. The van der Waals surface area contributed by atoms with E-state index in [1.807, 2.05) is 6.92 Å². The van der Waals surface area contributed by atoms with E-state index in [1.54, 1.807) is 36.4 Å². The SMILES string of the molecule is CCc1cc(Oc2cccc(N(Cc3cccc(C(F)(F)C(F)(F)F)c3)C(CO)c3cccc(C(F)(F)F)c3)c2)ccc1Cl. The molecule has 3 nitrogen and oxygen atoms in total. The standard InChI is InChI=1S/C32H26ClF8NO2/c1-2-21-16-27(12-13-28(21)33)44-26-11-5-10-25(17-26)42(29(19-43)22-7-4-9-24(15-22)31(36,37)38)18-20-6-3-8-23(14-20)30(34,35)32(39,40)41/h3-17,29,43H,2,18-19H2,1H3. The molecule has 4 aromatic carbocycles. The number of anilines is 1. The first-order chi connectivity index (χ1) is 20.6. The Morgan fingerprint density at radius 1 is 0.773 bits per heavy atom. The molecule has 44 heavy (non-hydrogen) atoms. The number of hydrogen-bond donors (Lipinski definition) is 1. The van der Waals surface area contributed by atoms with Crippen LogP contribution in [0.3, 0.4) is 0 Å². The summed E-state index contributed by atoms with van der Waals surface area (Å²) in [5.74, 6) is -4.42. The highest BCUT2D eigenvalue weighted by Crippen LogP contribution is 2.44. The lowest BCUT2D eigenvalue weighted by atomic mass is 10.00. The lowest BCUT2D eigenvalue weighted by Gasteiger charge is -2.34. The average molecular weight is 644 g/mol. The molecule has 1 unspecified atom stereocenters. The third kappa shape index (κ3) is 7.44. The van der Waals surface area contributed by atoms with Gasteiger partial charge in [-0.05, 0) is 71.6 Å². The summed E-state index contributed by atoms with van der Waals surface area (Å²) in [5.41, 5.74) is -1.14. The number of aliphatic hydroxyl groups is 1. The topological polar surface area (TPSA) is 32.7 Å². The fraction of sp³-hybridized carbons (Fsp3) is 0.250. The quantitative estimate of drug-likeness (QED) is 0.175. The Morgan fingerprint density at radius 3 is 2.09 bits per heavy atom. The van der Waals surface area contributed by atoms with Crippen LogP contribution in [0.25, 0.3) is 0 Å². The van der Waals surface area contributed by atoms with Crippen molar-refractivity contribution in [2.24, 2.45) is 0 Å². The molecule has 0 aliphatic heterocycles. The van der Waals surface area contributed by atoms with E-state index < -0.39 is 42.1 Å². The zero-order chi connectivity index (χ0) is 32.3. The number of benzene rings is 4. The molecule has 0 aliphatic carbocycles. The summed E-state index contributed by atoms with van der Waals surface area (Å²) in [6.45, 7) is 0.835. The first-order valence-corrected chi connectivity index (χ1v) is 13.7. The highest BCUT2D eigenvalue weighted by atomic mass is 35.5. The highest BCUT2D eigenvalue weighted by molar-refractivity contribution is 6.31. The van der Waals surface area contributed by atoms with Crippen LogP contribution in [-0.4, -0.2) is 17.9 Å². The van der Waals surface area contributed by atoms with E-state index in [0.29, 0.717) is 29.3 Å². The number of aliphatic hydroxyl groups excluding tert-OH is 1. The molecule has 0 heterocycles. The minimum absolute atomic E-state index is 0.00605. The largest absolute Gasteiger partial charge is 0.458 e. The molecule has 0 aliphatic rings. The second kappa shape index (κ2) is 13.0. The van der Waals surface area contributed by atoms with Gasteiger partial charge >= 0.3 is 18.3 Å². The van der Waals surface area contributed by atoms with E-state index in [-0.39, 0.29) is 29.1 Å². The molecule has 0 saturated heterocycles. The number of alkyl halides is 8. The Hall–Kier alpha value is -3.83. The molecule has 0 saturated carbocycles. The molecule has 4 aromatic rings. The molecule has 234 valence electrons. The molecule has 0 bridgehead atoms. The van der Waals surface area contributed by atoms with Crippen LogP contribution in [0, 0.1) is 0 Å². The van der Waals surface area contributed by atoms with Gasteiger partial charge in [-0.2, -0.15) is 35.1 Å². The van der Waals surface area contributed by atoms with Gasteiger partial charge in [0.05, 0.1) is 18.2 Å². The van der Waals surface area contributed by atoms with Crippen molar-refractivity contribution in [3.8, 4) is 11.5 Å². The fourth-order valence-corrected chi connectivity index (χ4v) is 4.91. The summed E-state index contributed by atoms with van der Waals surface area (Å²) in [5, 5.41) is 11.0. The van der Waals surface area contributed by atoms with Crippen LogP contribution in [0.5, 0.6) is 11.5 Å². The average Bonchev–Trinajstić information content (AvgIpc) is 2.97. The number of nitrogens with zero attached hydrogens (tertiary/aromatic N) is 1. The molecular formula is C32H26ClF8NO2. The summed E-state index contributed by atoms with van der Waals surface area (Å²) in [6, 6.07) is 18.0. The fourth-order valence-electron chi connectivity index (χ4n) is 4.66. The second-order valence-electron chi connectivity index (χ2n) is 9.93. The Kier molecular flexibility index (Phi) is 9.80. The second-order valence-corrected chi connectivity index (χ2v) is 10.3. The number of halogens is 9. The van der Waals surface area contributed by atoms with E-state index in [0.717, 1.165) is 29.8 Å². The van der Waals surface area contributed by atoms with E-state index in [1.165, 1.54) is 23.1 Å². The van der Waals surface area contributed by atoms with Crippen molar-refractivity contribution in [2.45, 2.75) is 44.2 Å². The lowest BCUT2D eigenvalue weighted by Crippen LogP contribution is -2.34. The van der Waals surface area contributed by atoms with Gasteiger partial charge in [-0.3, -0.25) is 0 Å². The van der Waals surface area contributed by atoms with Gasteiger partial charge in [0.15, 0.2) is 0 Å². The first kappa shape index (κ1) is 33.1. The predicted octanol–water partition coefficient (Wildman–Crippen LogP) is 10.1. The molecule has 12 heteroatoms. The normalized spacial score (nSPS) is 13.1. The number of rotatable bonds is 10. The van der Waals surface area contributed by atoms with Gasteiger partial charge in [0, 0.05) is 28.9 Å². The van der Waals surface area contributed by atoms with Crippen LogP contribution >= 0.6 is 11.6 Å². The van der Waals surface area contributed by atoms with Gasteiger partial charge in [0.25, 0.3) is 0 Å². The van der Waals surface area contributed by atoms with Crippen molar-refractivity contribution in [1.82, 2.24) is 0 Å². The molecule has 0 amide bonds. The van der Waals surface area contributed by atoms with Crippen LogP contribution < -0.4 is 9.64 Å². The Balaban J connectivity index is 1.79. The summed E-state index contributed by atoms with van der Waals surface area (Å²) in [7, 11) is 0.